The third kappa shape index (κ3) is 6.19. The van der Waals surface area contributed by atoms with E-state index in [0.29, 0.717) is 30.9 Å². The molecule has 2 amide bonds. The van der Waals surface area contributed by atoms with Crippen molar-refractivity contribution < 1.29 is 24.2 Å². The van der Waals surface area contributed by atoms with Crippen LogP contribution in [0.15, 0.2) is 28.6 Å². The van der Waals surface area contributed by atoms with Crippen LogP contribution in [0.1, 0.15) is 72.3 Å². The molecule has 1 N–H and O–H groups in total. The lowest BCUT2D eigenvalue weighted by atomic mass is 9.66. The van der Waals surface area contributed by atoms with Crippen LogP contribution in [0.2, 0.25) is 0 Å². The predicted octanol–water partition coefficient (Wildman–Crippen LogP) is 4.62. The number of esters is 1. The van der Waals surface area contributed by atoms with Gasteiger partial charge in [-0.05, 0) is 83.8 Å². The highest BCUT2D eigenvalue weighted by atomic mass is 16.5. The van der Waals surface area contributed by atoms with Crippen LogP contribution in [0.5, 0.6) is 0 Å². The van der Waals surface area contributed by atoms with Crippen LogP contribution in [-0.2, 0) is 25.5 Å². The number of aliphatic hydroxyl groups excluding tert-OH is 1. The third-order valence-corrected chi connectivity index (χ3v) is 10.1. The van der Waals surface area contributed by atoms with E-state index < -0.39 is 24.0 Å². The normalized spacial score (nSPS) is 24.8. The molecule has 1 aliphatic carbocycles. The molecular formula is C30H42N4O7. The highest BCUT2D eigenvalue weighted by Gasteiger charge is 2.49. The van der Waals surface area contributed by atoms with Gasteiger partial charge in [-0.2, -0.15) is 0 Å². The Bertz CT molecular complexity index is 1190. The molecule has 0 radical (unpaired) electrons. The molecule has 4 rings (SSSR count). The van der Waals surface area contributed by atoms with E-state index in [0.717, 1.165) is 19.3 Å². The van der Waals surface area contributed by atoms with Gasteiger partial charge < -0.3 is 19.6 Å². The molecule has 41 heavy (non-hydrogen) atoms. The summed E-state index contributed by atoms with van der Waals surface area (Å²) in [6, 6.07) is 3.50. The van der Waals surface area contributed by atoms with Crippen LogP contribution >= 0.6 is 0 Å². The quantitative estimate of drug-likeness (QED) is 0.319. The van der Waals surface area contributed by atoms with Crippen molar-refractivity contribution in [1.29, 1.82) is 0 Å². The Kier molecular flexibility index (Phi) is 8.96. The van der Waals surface area contributed by atoms with Crippen molar-refractivity contribution in [3.63, 3.8) is 0 Å². The van der Waals surface area contributed by atoms with Crippen LogP contribution in [0.3, 0.4) is 0 Å². The number of benzene rings is 1. The van der Waals surface area contributed by atoms with E-state index in [4.69, 9.17) is 4.74 Å². The third-order valence-electron chi connectivity index (χ3n) is 10.1. The summed E-state index contributed by atoms with van der Waals surface area (Å²) < 4.78 is 5.87. The summed E-state index contributed by atoms with van der Waals surface area (Å²) in [5.41, 5.74) is 0.564. The first-order chi connectivity index (χ1) is 19.3. The van der Waals surface area contributed by atoms with E-state index in [9.17, 15) is 29.3 Å². The molecule has 0 spiro atoms. The van der Waals surface area contributed by atoms with Crippen molar-refractivity contribution in [3.05, 3.63) is 33.6 Å². The minimum absolute atomic E-state index is 0.0800. The number of hydrogen-bond donors (Lipinski definition) is 1. The first-order valence-electron chi connectivity index (χ1n) is 14.6. The maximum atomic E-state index is 13.3. The van der Waals surface area contributed by atoms with Gasteiger partial charge in [0.2, 0.25) is 5.91 Å². The number of hydrogen-bond acceptors (Lipinski definition) is 9. The zero-order valence-electron chi connectivity index (χ0n) is 24.7. The molecule has 2 aliphatic heterocycles. The molecule has 1 aromatic rings. The van der Waals surface area contributed by atoms with Gasteiger partial charge in [0.25, 0.3) is 5.91 Å². The highest BCUT2D eigenvalue weighted by Crippen LogP contribution is 2.57. The lowest BCUT2D eigenvalue weighted by Gasteiger charge is -2.41. The van der Waals surface area contributed by atoms with E-state index in [1.807, 2.05) is 6.92 Å². The SMILES string of the molecule is CC(CC1CCC(C)(C)C1(C)C)OC(=O)C1CCCN1C(=O)C1CN(C(=O)C(O)Cc2ccc(N=O)c(N=O)c2)C1. The number of ether oxygens (including phenoxy) is 1. The van der Waals surface area contributed by atoms with E-state index in [1.54, 1.807) is 4.90 Å². The molecule has 3 aliphatic rings. The largest absolute Gasteiger partial charge is 0.461 e. The van der Waals surface area contributed by atoms with E-state index in [-0.39, 0.29) is 59.7 Å². The minimum atomic E-state index is -1.38. The van der Waals surface area contributed by atoms with Gasteiger partial charge in [0, 0.05) is 26.1 Å². The van der Waals surface area contributed by atoms with Crippen LogP contribution in [0.4, 0.5) is 11.4 Å². The van der Waals surface area contributed by atoms with Crippen molar-refractivity contribution in [1.82, 2.24) is 9.80 Å². The molecule has 11 nitrogen and oxygen atoms in total. The zero-order chi connectivity index (χ0) is 30.1. The summed E-state index contributed by atoms with van der Waals surface area (Å²) in [6.07, 6.45) is 2.64. The fourth-order valence-corrected chi connectivity index (χ4v) is 6.60. The van der Waals surface area contributed by atoms with Crippen LogP contribution in [0.25, 0.3) is 0 Å². The van der Waals surface area contributed by atoms with Crippen molar-refractivity contribution in [2.24, 2.45) is 33.0 Å². The Morgan fingerprint density at radius 1 is 1.07 bits per heavy atom. The first kappa shape index (κ1) is 30.7. The molecule has 224 valence electrons. The van der Waals surface area contributed by atoms with Gasteiger partial charge in [0.1, 0.15) is 23.5 Å². The number of carbonyl (C=O) groups excluding carboxylic acids is 3. The molecule has 0 aromatic heterocycles. The highest BCUT2D eigenvalue weighted by molar-refractivity contribution is 5.89. The Balaban J connectivity index is 1.27. The van der Waals surface area contributed by atoms with Crippen molar-refractivity contribution in [3.8, 4) is 0 Å². The fraction of sp³-hybridized carbons (Fsp3) is 0.700. The molecule has 0 bridgehead atoms. The second kappa shape index (κ2) is 12.0. The van der Waals surface area contributed by atoms with Gasteiger partial charge in [-0.1, -0.05) is 33.8 Å². The van der Waals surface area contributed by atoms with Crippen LogP contribution in [-0.4, -0.2) is 70.6 Å². The number of likely N-dealkylation sites (tertiary alicyclic amines) is 2. The molecule has 1 aromatic carbocycles. The van der Waals surface area contributed by atoms with Gasteiger partial charge in [-0.3, -0.25) is 9.59 Å². The van der Waals surface area contributed by atoms with Gasteiger partial charge in [-0.25, -0.2) is 4.79 Å². The first-order valence-corrected chi connectivity index (χ1v) is 14.6. The average molecular weight is 571 g/mol. The molecule has 3 fully saturated rings. The molecule has 1 saturated carbocycles. The van der Waals surface area contributed by atoms with Gasteiger partial charge in [0.05, 0.1) is 12.0 Å². The Morgan fingerprint density at radius 2 is 1.76 bits per heavy atom. The summed E-state index contributed by atoms with van der Waals surface area (Å²) in [6.45, 7) is 11.9. The van der Waals surface area contributed by atoms with Gasteiger partial charge in [-0.15, -0.1) is 9.81 Å². The molecule has 4 unspecified atom stereocenters. The molecule has 2 heterocycles. The number of aliphatic hydroxyl groups is 1. The number of rotatable bonds is 10. The maximum absolute atomic E-state index is 13.3. The standard InChI is InChI=1S/C30H42N4O7/c1-18(13-21-10-11-29(2,3)30(21,4)5)41-28(38)24-7-6-12-34(24)26(36)20-16-33(17-20)27(37)25(35)15-19-8-9-22(31-39)23(14-19)32-40/h8-9,14,18,20-21,24-25,35H,6-7,10-13,15-17H2,1-5H3. The summed E-state index contributed by atoms with van der Waals surface area (Å²) in [5, 5.41) is 15.9. The van der Waals surface area contributed by atoms with Crippen LogP contribution in [0, 0.1) is 32.5 Å². The van der Waals surface area contributed by atoms with Crippen molar-refractivity contribution in [2.45, 2.75) is 91.4 Å². The fourth-order valence-electron chi connectivity index (χ4n) is 6.60. The Labute approximate surface area is 240 Å². The van der Waals surface area contributed by atoms with Gasteiger partial charge >= 0.3 is 5.97 Å². The summed E-state index contributed by atoms with van der Waals surface area (Å²) in [5.74, 6) is -1.04. The summed E-state index contributed by atoms with van der Waals surface area (Å²) in [7, 11) is 0. The monoisotopic (exact) mass is 570 g/mol. The van der Waals surface area contributed by atoms with Crippen molar-refractivity contribution in [2.75, 3.05) is 19.6 Å². The number of nitroso groups, excluding NO2 is 2. The summed E-state index contributed by atoms with van der Waals surface area (Å²) >= 11 is 0. The molecule has 2 saturated heterocycles. The number of carbonyl (C=O) groups is 3. The molecular weight excluding hydrogens is 528 g/mol. The smallest absolute Gasteiger partial charge is 0.329 e. The van der Waals surface area contributed by atoms with Crippen LogP contribution < -0.4 is 0 Å². The summed E-state index contributed by atoms with van der Waals surface area (Å²) in [4.78, 5) is 63.8. The second-order valence-electron chi connectivity index (χ2n) is 13.2. The zero-order valence-corrected chi connectivity index (χ0v) is 24.7. The lowest BCUT2D eigenvalue weighted by molar-refractivity contribution is -0.163. The van der Waals surface area contributed by atoms with E-state index in [1.165, 1.54) is 23.1 Å². The number of nitrogens with zero attached hydrogens (tertiary/aromatic N) is 4. The second-order valence-corrected chi connectivity index (χ2v) is 13.2. The topological polar surface area (TPSA) is 146 Å². The predicted molar refractivity (Wildman–Crippen MR) is 152 cm³/mol. The Morgan fingerprint density at radius 3 is 2.37 bits per heavy atom. The van der Waals surface area contributed by atoms with E-state index in [2.05, 4.69) is 38.0 Å². The Hall–Kier alpha value is -3.21. The van der Waals surface area contributed by atoms with E-state index >= 15 is 0 Å². The minimum Gasteiger partial charge on any atom is -0.461 e. The molecule has 4 atom stereocenters. The maximum Gasteiger partial charge on any atom is 0.329 e. The number of amides is 2. The lowest BCUT2D eigenvalue weighted by Crippen LogP contribution is -2.59. The van der Waals surface area contributed by atoms with Gasteiger partial charge in [0.15, 0.2) is 0 Å². The molecule has 11 heteroatoms. The van der Waals surface area contributed by atoms with Crippen molar-refractivity contribution >= 4 is 29.2 Å². The average Bonchev–Trinajstić information content (AvgIpc) is 3.46.